The molecule has 6 nitrogen and oxygen atoms in total. The summed E-state index contributed by atoms with van der Waals surface area (Å²) in [5.74, 6) is 1.33. The number of hydrogen-bond acceptors (Lipinski definition) is 5. The maximum Gasteiger partial charge on any atom is 0.234 e. The molecule has 0 saturated carbocycles. The Morgan fingerprint density at radius 3 is 2.76 bits per heavy atom. The first-order chi connectivity index (χ1) is 10.1. The van der Waals surface area contributed by atoms with Gasteiger partial charge in [0.05, 0.1) is 11.4 Å². The molecule has 2 aliphatic rings. The van der Waals surface area contributed by atoms with E-state index in [1.165, 1.54) is 0 Å². The van der Waals surface area contributed by atoms with Crippen LogP contribution < -0.4 is 19.5 Å². The van der Waals surface area contributed by atoms with Crippen molar-refractivity contribution in [1.82, 2.24) is 5.32 Å². The van der Waals surface area contributed by atoms with Gasteiger partial charge in [0.15, 0.2) is 11.5 Å². The van der Waals surface area contributed by atoms with Crippen molar-refractivity contribution >= 4 is 15.7 Å². The number of rotatable bonds is 4. The molecule has 1 aromatic rings. The highest BCUT2D eigenvalue weighted by atomic mass is 32.2. The van der Waals surface area contributed by atoms with E-state index in [-0.39, 0.29) is 11.8 Å². The van der Waals surface area contributed by atoms with Gasteiger partial charge in [0, 0.05) is 12.1 Å². The molecule has 7 heteroatoms. The molecule has 0 aromatic heterocycles. The summed E-state index contributed by atoms with van der Waals surface area (Å²) in [7, 11) is -3.37. The SMILES string of the molecule is O=S(=O)(CC1CCCCN1)Nc1ccc2c(c1)OCCO2. The lowest BCUT2D eigenvalue weighted by Crippen LogP contribution is -2.40. The van der Waals surface area contributed by atoms with Crippen molar-refractivity contribution in [3.63, 3.8) is 0 Å². The lowest BCUT2D eigenvalue weighted by Gasteiger charge is -2.23. The van der Waals surface area contributed by atoms with Crippen LogP contribution in [-0.4, -0.2) is 40.0 Å². The first-order valence-electron chi connectivity index (χ1n) is 7.26. The normalized spacial score (nSPS) is 21.8. The van der Waals surface area contributed by atoms with Crippen molar-refractivity contribution < 1.29 is 17.9 Å². The molecule has 3 rings (SSSR count). The number of benzene rings is 1. The van der Waals surface area contributed by atoms with Crippen molar-refractivity contribution in [2.45, 2.75) is 25.3 Å². The molecule has 0 spiro atoms. The molecule has 21 heavy (non-hydrogen) atoms. The third kappa shape index (κ3) is 3.79. The van der Waals surface area contributed by atoms with E-state index in [0.717, 1.165) is 25.8 Å². The molecule has 2 aliphatic heterocycles. The first kappa shape index (κ1) is 14.5. The second-order valence-corrected chi connectivity index (χ2v) is 7.16. The number of sulfonamides is 1. The standard InChI is InChI=1S/C14H20N2O4S/c17-21(18,10-12-3-1-2-6-15-12)16-11-4-5-13-14(9-11)20-8-7-19-13/h4-5,9,12,15-16H,1-3,6-8,10H2. The topological polar surface area (TPSA) is 76.7 Å². The predicted octanol–water partition coefficient (Wildman–Crippen LogP) is 1.34. The summed E-state index contributed by atoms with van der Waals surface area (Å²) in [6.45, 7) is 1.89. The van der Waals surface area contributed by atoms with Crippen LogP contribution >= 0.6 is 0 Å². The van der Waals surface area contributed by atoms with E-state index in [0.29, 0.717) is 30.4 Å². The summed E-state index contributed by atoms with van der Waals surface area (Å²) in [5, 5.41) is 3.25. The van der Waals surface area contributed by atoms with Crippen molar-refractivity contribution in [1.29, 1.82) is 0 Å². The van der Waals surface area contributed by atoms with Crippen molar-refractivity contribution in [2.24, 2.45) is 0 Å². The molecular formula is C14H20N2O4S. The zero-order valence-electron chi connectivity index (χ0n) is 11.8. The molecule has 0 amide bonds. The smallest absolute Gasteiger partial charge is 0.234 e. The van der Waals surface area contributed by atoms with E-state index in [2.05, 4.69) is 10.0 Å². The van der Waals surface area contributed by atoms with Crippen LogP contribution in [-0.2, 0) is 10.0 Å². The van der Waals surface area contributed by atoms with Gasteiger partial charge in [-0.2, -0.15) is 0 Å². The van der Waals surface area contributed by atoms with Crippen molar-refractivity contribution in [3.05, 3.63) is 18.2 Å². The Kier molecular flexibility index (Phi) is 4.21. The zero-order chi connectivity index (χ0) is 14.7. The van der Waals surface area contributed by atoms with Crippen molar-refractivity contribution in [3.8, 4) is 11.5 Å². The Morgan fingerprint density at radius 1 is 1.19 bits per heavy atom. The molecule has 1 saturated heterocycles. The van der Waals surface area contributed by atoms with Gasteiger partial charge in [-0.1, -0.05) is 6.42 Å². The summed E-state index contributed by atoms with van der Waals surface area (Å²) in [4.78, 5) is 0. The second kappa shape index (κ2) is 6.11. The fourth-order valence-electron chi connectivity index (χ4n) is 2.66. The molecule has 1 fully saturated rings. The largest absolute Gasteiger partial charge is 0.486 e. The van der Waals surface area contributed by atoms with Crippen LogP contribution in [0.4, 0.5) is 5.69 Å². The van der Waals surface area contributed by atoms with Crippen LogP contribution in [0.1, 0.15) is 19.3 Å². The van der Waals surface area contributed by atoms with Gasteiger partial charge >= 0.3 is 0 Å². The third-order valence-electron chi connectivity index (χ3n) is 3.65. The van der Waals surface area contributed by atoms with Crippen LogP contribution in [0.3, 0.4) is 0 Å². The van der Waals surface area contributed by atoms with Crippen LogP contribution in [0.5, 0.6) is 11.5 Å². The van der Waals surface area contributed by atoms with Gasteiger partial charge in [-0.3, -0.25) is 4.72 Å². The van der Waals surface area contributed by atoms with E-state index in [9.17, 15) is 8.42 Å². The third-order valence-corrected chi connectivity index (χ3v) is 5.04. The van der Waals surface area contributed by atoms with Crippen LogP contribution in [0.15, 0.2) is 18.2 Å². The molecule has 2 N–H and O–H groups in total. The molecule has 1 atom stereocenters. The Morgan fingerprint density at radius 2 is 2.00 bits per heavy atom. The highest BCUT2D eigenvalue weighted by molar-refractivity contribution is 7.92. The summed E-state index contributed by atoms with van der Waals surface area (Å²) in [5.41, 5.74) is 0.509. The molecular weight excluding hydrogens is 292 g/mol. The number of ether oxygens (including phenoxy) is 2. The molecule has 0 radical (unpaired) electrons. The van der Waals surface area contributed by atoms with E-state index >= 15 is 0 Å². The summed E-state index contributed by atoms with van der Waals surface area (Å²) < 4.78 is 37.9. The van der Waals surface area contributed by atoms with Crippen molar-refractivity contribution in [2.75, 3.05) is 30.2 Å². The Labute approximate surface area is 124 Å². The minimum atomic E-state index is -3.37. The molecule has 1 unspecified atom stereocenters. The number of nitrogens with one attached hydrogen (secondary N) is 2. The van der Waals surface area contributed by atoms with E-state index < -0.39 is 10.0 Å². The van der Waals surface area contributed by atoms with Gasteiger partial charge in [-0.25, -0.2) is 8.42 Å². The lowest BCUT2D eigenvalue weighted by molar-refractivity contribution is 0.171. The Hall–Kier alpha value is -1.47. The van der Waals surface area contributed by atoms with E-state index in [1.54, 1.807) is 18.2 Å². The number of fused-ring (bicyclic) bond motifs is 1. The molecule has 116 valence electrons. The second-order valence-electron chi connectivity index (χ2n) is 5.39. The van der Waals surface area contributed by atoms with E-state index in [4.69, 9.17) is 9.47 Å². The first-order valence-corrected chi connectivity index (χ1v) is 8.91. The summed E-state index contributed by atoms with van der Waals surface area (Å²) >= 11 is 0. The quantitative estimate of drug-likeness (QED) is 0.877. The average Bonchev–Trinajstić information content (AvgIpc) is 2.47. The van der Waals surface area contributed by atoms with Crippen LogP contribution in [0.25, 0.3) is 0 Å². The maximum absolute atomic E-state index is 12.2. The van der Waals surface area contributed by atoms with E-state index in [1.807, 2.05) is 0 Å². The zero-order valence-corrected chi connectivity index (χ0v) is 12.6. The van der Waals surface area contributed by atoms with Gasteiger partial charge in [0.25, 0.3) is 0 Å². The highest BCUT2D eigenvalue weighted by Crippen LogP contribution is 2.32. The summed E-state index contributed by atoms with van der Waals surface area (Å²) in [6, 6.07) is 5.12. The predicted molar refractivity (Wildman–Crippen MR) is 80.5 cm³/mol. The number of piperidine rings is 1. The molecule has 0 aliphatic carbocycles. The van der Waals surface area contributed by atoms with Gasteiger partial charge in [-0.15, -0.1) is 0 Å². The number of hydrogen-bond donors (Lipinski definition) is 2. The van der Waals surface area contributed by atoms with Gasteiger partial charge in [0.2, 0.25) is 10.0 Å². The number of anilines is 1. The minimum Gasteiger partial charge on any atom is -0.486 e. The molecule has 0 bridgehead atoms. The Bertz CT molecular complexity index is 597. The fraction of sp³-hybridized carbons (Fsp3) is 0.571. The Balaban J connectivity index is 1.67. The molecule has 2 heterocycles. The van der Waals surface area contributed by atoms with Gasteiger partial charge in [0.1, 0.15) is 13.2 Å². The minimum absolute atomic E-state index is 0.0356. The average molecular weight is 312 g/mol. The maximum atomic E-state index is 12.2. The van der Waals surface area contributed by atoms with Gasteiger partial charge < -0.3 is 14.8 Å². The highest BCUT2D eigenvalue weighted by Gasteiger charge is 2.21. The van der Waals surface area contributed by atoms with Gasteiger partial charge in [-0.05, 0) is 31.5 Å². The molecule has 1 aromatic carbocycles. The fourth-order valence-corrected chi connectivity index (χ4v) is 4.04. The van der Waals surface area contributed by atoms with Crippen LogP contribution in [0.2, 0.25) is 0 Å². The monoisotopic (exact) mass is 312 g/mol. The van der Waals surface area contributed by atoms with Crippen LogP contribution in [0, 0.1) is 0 Å². The summed E-state index contributed by atoms with van der Waals surface area (Å²) in [6.07, 6.45) is 3.10. The lowest BCUT2D eigenvalue weighted by atomic mass is 10.1.